The molecule has 2 heterocycles. The fourth-order valence-electron chi connectivity index (χ4n) is 2.33. The SMILES string of the molecule is CC(C)(C(=O)Nc1cnn(Cc2ccc(F)cc2Cl)c1)n1cc(Cl)cn1. The molecule has 0 spiro atoms. The second-order valence-corrected chi connectivity index (χ2v) is 7.12. The van der Waals surface area contributed by atoms with E-state index in [0.717, 1.165) is 5.56 Å². The topological polar surface area (TPSA) is 64.7 Å². The van der Waals surface area contributed by atoms with Crippen LogP contribution < -0.4 is 5.32 Å². The van der Waals surface area contributed by atoms with Gasteiger partial charge in [-0.1, -0.05) is 29.3 Å². The van der Waals surface area contributed by atoms with Gasteiger partial charge in [0.1, 0.15) is 11.4 Å². The number of nitrogens with one attached hydrogen (secondary N) is 1. The molecule has 0 atom stereocenters. The molecule has 3 aromatic rings. The van der Waals surface area contributed by atoms with Gasteiger partial charge in [-0.05, 0) is 31.5 Å². The third-order valence-electron chi connectivity index (χ3n) is 3.92. The second kappa shape index (κ2) is 7.09. The number of carbonyl (C=O) groups excluding carboxylic acids is 1. The molecule has 2 aromatic heterocycles. The molecule has 0 bridgehead atoms. The van der Waals surface area contributed by atoms with E-state index in [1.807, 2.05) is 0 Å². The van der Waals surface area contributed by atoms with Crippen LogP contribution in [0.25, 0.3) is 0 Å². The number of halogens is 3. The molecule has 1 N–H and O–H groups in total. The third kappa shape index (κ3) is 3.89. The van der Waals surface area contributed by atoms with E-state index in [4.69, 9.17) is 23.2 Å². The first-order valence-electron chi connectivity index (χ1n) is 7.74. The Hall–Kier alpha value is -2.38. The van der Waals surface area contributed by atoms with Crippen LogP contribution in [0.5, 0.6) is 0 Å². The molecular weight excluding hydrogens is 380 g/mol. The highest BCUT2D eigenvalue weighted by molar-refractivity contribution is 6.31. The quantitative estimate of drug-likeness (QED) is 0.711. The monoisotopic (exact) mass is 395 g/mol. The van der Waals surface area contributed by atoms with Crippen molar-refractivity contribution in [2.24, 2.45) is 0 Å². The van der Waals surface area contributed by atoms with Gasteiger partial charge in [0.2, 0.25) is 0 Å². The number of benzene rings is 1. The zero-order valence-electron chi connectivity index (χ0n) is 14.1. The minimum absolute atomic E-state index is 0.267. The zero-order valence-corrected chi connectivity index (χ0v) is 15.6. The van der Waals surface area contributed by atoms with Gasteiger partial charge >= 0.3 is 0 Å². The first kappa shape index (κ1) is 18.4. The minimum Gasteiger partial charge on any atom is -0.321 e. The van der Waals surface area contributed by atoms with Crippen LogP contribution in [0.3, 0.4) is 0 Å². The van der Waals surface area contributed by atoms with Crippen LogP contribution in [0.15, 0.2) is 43.0 Å². The molecular formula is C17H16Cl2FN5O. The summed E-state index contributed by atoms with van der Waals surface area (Å²) in [7, 11) is 0. The molecule has 0 fully saturated rings. The Labute approximate surface area is 159 Å². The van der Waals surface area contributed by atoms with Crippen LogP contribution in [-0.4, -0.2) is 25.5 Å². The fraction of sp³-hybridized carbons (Fsp3) is 0.235. The van der Waals surface area contributed by atoms with Gasteiger partial charge in [0.25, 0.3) is 5.91 Å². The average Bonchev–Trinajstić information content (AvgIpc) is 3.19. The van der Waals surface area contributed by atoms with E-state index in [1.165, 1.54) is 29.2 Å². The number of nitrogens with zero attached hydrogens (tertiary/aromatic N) is 4. The molecule has 9 heteroatoms. The van der Waals surface area contributed by atoms with Crippen LogP contribution in [-0.2, 0) is 16.9 Å². The van der Waals surface area contributed by atoms with Crippen molar-refractivity contribution in [2.75, 3.05) is 5.32 Å². The van der Waals surface area contributed by atoms with Crippen LogP contribution in [0, 0.1) is 5.82 Å². The number of hydrogen-bond donors (Lipinski definition) is 1. The standard InChI is InChI=1S/C17H16Cl2FN5O/c1-17(2,25-9-12(18)6-22-25)16(26)23-14-7-21-24(10-14)8-11-3-4-13(20)5-15(11)19/h3-7,9-10H,8H2,1-2H3,(H,23,26). The molecule has 0 saturated carbocycles. The van der Waals surface area contributed by atoms with Gasteiger partial charge in [0, 0.05) is 17.4 Å². The van der Waals surface area contributed by atoms with Crippen LogP contribution in [0.4, 0.5) is 10.1 Å². The van der Waals surface area contributed by atoms with Crippen molar-refractivity contribution in [1.29, 1.82) is 0 Å². The Morgan fingerprint density at radius 2 is 2.00 bits per heavy atom. The Morgan fingerprint density at radius 1 is 1.23 bits per heavy atom. The first-order chi connectivity index (χ1) is 12.3. The molecule has 0 aliphatic rings. The maximum atomic E-state index is 13.1. The van der Waals surface area contributed by atoms with E-state index in [1.54, 1.807) is 37.0 Å². The molecule has 0 radical (unpaired) electrons. The van der Waals surface area contributed by atoms with E-state index in [0.29, 0.717) is 22.3 Å². The molecule has 0 aliphatic carbocycles. The summed E-state index contributed by atoms with van der Waals surface area (Å²) in [5, 5.41) is 11.9. The van der Waals surface area contributed by atoms with Gasteiger partial charge < -0.3 is 5.32 Å². The number of carbonyl (C=O) groups is 1. The minimum atomic E-state index is -0.935. The molecule has 1 amide bonds. The first-order valence-corrected chi connectivity index (χ1v) is 8.50. The normalized spacial score (nSPS) is 11.6. The lowest BCUT2D eigenvalue weighted by molar-refractivity contribution is -0.123. The summed E-state index contributed by atoms with van der Waals surface area (Å²) >= 11 is 11.9. The van der Waals surface area contributed by atoms with Crippen LogP contribution >= 0.6 is 23.2 Å². The number of hydrogen-bond acceptors (Lipinski definition) is 3. The lowest BCUT2D eigenvalue weighted by Crippen LogP contribution is -2.40. The van der Waals surface area contributed by atoms with Crippen molar-refractivity contribution in [2.45, 2.75) is 25.9 Å². The van der Waals surface area contributed by atoms with Crippen LogP contribution in [0.2, 0.25) is 10.0 Å². The summed E-state index contributed by atoms with van der Waals surface area (Å²) in [6.45, 7) is 3.82. The predicted octanol–water partition coefficient (Wildman–Crippen LogP) is 3.95. The summed E-state index contributed by atoms with van der Waals surface area (Å²) in [4.78, 5) is 12.6. The van der Waals surface area contributed by atoms with Crippen molar-refractivity contribution in [3.8, 4) is 0 Å². The van der Waals surface area contributed by atoms with E-state index in [9.17, 15) is 9.18 Å². The fourth-order valence-corrected chi connectivity index (χ4v) is 2.70. The van der Waals surface area contributed by atoms with Gasteiger partial charge in [-0.3, -0.25) is 14.2 Å². The third-order valence-corrected chi connectivity index (χ3v) is 4.47. The highest BCUT2D eigenvalue weighted by atomic mass is 35.5. The number of aromatic nitrogens is 4. The second-order valence-electron chi connectivity index (χ2n) is 6.28. The molecule has 136 valence electrons. The van der Waals surface area contributed by atoms with Gasteiger partial charge in [-0.25, -0.2) is 4.39 Å². The Kier molecular flexibility index (Phi) is 5.02. The summed E-state index contributed by atoms with van der Waals surface area (Å²) < 4.78 is 16.2. The van der Waals surface area contributed by atoms with Crippen molar-refractivity contribution < 1.29 is 9.18 Å². The van der Waals surface area contributed by atoms with Crippen molar-refractivity contribution in [3.63, 3.8) is 0 Å². The van der Waals surface area contributed by atoms with Gasteiger partial charge in [-0.2, -0.15) is 10.2 Å². The maximum absolute atomic E-state index is 13.1. The summed E-state index contributed by atoms with van der Waals surface area (Å²) in [6.07, 6.45) is 6.26. The van der Waals surface area contributed by atoms with Crippen molar-refractivity contribution in [1.82, 2.24) is 19.6 Å². The highest BCUT2D eigenvalue weighted by Gasteiger charge is 2.31. The molecule has 3 rings (SSSR count). The lowest BCUT2D eigenvalue weighted by Gasteiger charge is -2.23. The zero-order chi connectivity index (χ0) is 18.9. The summed E-state index contributed by atoms with van der Waals surface area (Å²) in [6, 6.07) is 4.19. The smallest absolute Gasteiger partial charge is 0.251 e. The summed E-state index contributed by atoms with van der Waals surface area (Å²) in [5.74, 6) is -0.662. The molecule has 26 heavy (non-hydrogen) atoms. The largest absolute Gasteiger partial charge is 0.321 e. The predicted molar refractivity (Wildman–Crippen MR) is 97.9 cm³/mol. The Balaban J connectivity index is 1.71. The van der Waals surface area contributed by atoms with Gasteiger partial charge in [0.15, 0.2) is 0 Å². The molecule has 1 aromatic carbocycles. The van der Waals surface area contributed by atoms with Gasteiger partial charge in [0.05, 0.1) is 29.6 Å². The molecule has 0 saturated heterocycles. The number of amides is 1. The molecule has 0 aliphatic heterocycles. The Morgan fingerprint density at radius 3 is 2.65 bits per heavy atom. The van der Waals surface area contributed by atoms with Crippen molar-refractivity contribution >= 4 is 34.8 Å². The van der Waals surface area contributed by atoms with E-state index < -0.39 is 11.4 Å². The summed E-state index contributed by atoms with van der Waals surface area (Å²) in [5.41, 5.74) is 0.315. The maximum Gasteiger partial charge on any atom is 0.251 e. The van der Waals surface area contributed by atoms with E-state index in [-0.39, 0.29) is 5.91 Å². The van der Waals surface area contributed by atoms with E-state index in [2.05, 4.69) is 15.5 Å². The lowest BCUT2D eigenvalue weighted by atomic mass is 10.1. The van der Waals surface area contributed by atoms with Crippen LogP contribution in [0.1, 0.15) is 19.4 Å². The highest BCUT2D eigenvalue weighted by Crippen LogP contribution is 2.21. The molecule has 0 unspecified atom stereocenters. The van der Waals surface area contributed by atoms with Gasteiger partial charge in [-0.15, -0.1) is 0 Å². The van der Waals surface area contributed by atoms with Crippen molar-refractivity contribution in [3.05, 3.63) is 64.4 Å². The Bertz CT molecular complexity index is 950. The van der Waals surface area contributed by atoms with E-state index >= 15 is 0 Å². The number of anilines is 1. The molecule has 6 nitrogen and oxygen atoms in total. The average molecular weight is 396 g/mol. The number of rotatable bonds is 5.